The lowest BCUT2D eigenvalue weighted by atomic mass is 10.1. The molecular formula is C23H24ClN5O3S. The summed E-state index contributed by atoms with van der Waals surface area (Å²) in [6.07, 6.45) is 5.08. The predicted octanol–water partition coefficient (Wildman–Crippen LogP) is 3.33. The van der Waals surface area contributed by atoms with Crippen molar-refractivity contribution in [2.45, 2.75) is 43.8 Å². The second kappa shape index (κ2) is 10.6. The summed E-state index contributed by atoms with van der Waals surface area (Å²) in [5.41, 5.74) is 1.66. The number of halogens is 1. The lowest BCUT2D eigenvalue weighted by molar-refractivity contribution is -0.123. The fourth-order valence-corrected chi connectivity index (χ4v) is 5.59. The highest BCUT2D eigenvalue weighted by Gasteiger charge is 2.30. The molecule has 3 rings (SSSR count). The van der Waals surface area contributed by atoms with Crippen molar-refractivity contribution in [2.75, 3.05) is 0 Å². The number of pyridine rings is 1. The SMILES string of the molecule is Cc1cccc(Cl)c1S(=O)(=O)NC(CC(C)n1cccc1C#N)C(=O)NCc1cccnc1. The maximum absolute atomic E-state index is 13.2. The van der Waals surface area contributed by atoms with E-state index in [0.29, 0.717) is 11.3 Å². The van der Waals surface area contributed by atoms with Crippen LogP contribution in [0.5, 0.6) is 0 Å². The molecule has 33 heavy (non-hydrogen) atoms. The summed E-state index contributed by atoms with van der Waals surface area (Å²) in [5, 5.41) is 12.2. The largest absolute Gasteiger partial charge is 0.351 e. The molecule has 0 aliphatic heterocycles. The highest BCUT2D eigenvalue weighted by Crippen LogP contribution is 2.26. The molecule has 0 radical (unpaired) electrons. The lowest BCUT2D eigenvalue weighted by Crippen LogP contribution is -2.47. The highest BCUT2D eigenvalue weighted by atomic mass is 35.5. The Kier molecular flexibility index (Phi) is 7.87. The van der Waals surface area contributed by atoms with Crippen molar-refractivity contribution in [1.29, 1.82) is 5.26 Å². The van der Waals surface area contributed by atoms with E-state index in [4.69, 9.17) is 11.6 Å². The van der Waals surface area contributed by atoms with Crippen LogP contribution in [0.4, 0.5) is 0 Å². The summed E-state index contributed by atoms with van der Waals surface area (Å²) < 4.78 is 30.6. The summed E-state index contributed by atoms with van der Waals surface area (Å²) >= 11 is 6.18. The molecule has 10 heteroatoms. The molecule has 2 heterocycles. The monoisotopic (exact) mass is 485 g/mol. The molecule has 0 saturated heterocycles. The number of nitriles is 1. The van der Waals surface area contributed by atoms with Gasteiger partial charge in [-0.25, -0.2) is 8.42 Å². The number of amides is 1. The summed E-state index contributed by atoms with van der Waals surface area (Å²) in [5.74, 6) is -0.496. The Morgan fingerprint density at radius 1 is 1.24 bits per heavy atom. The van der Waals surface area contributed by atoms with Crippen molar-refractivity contribution in [3.8, 4) is 6.07 Å². The zero-order valence-electron chi connectivity index (χ0n) is 18.2. The molecule has 2 unspecified atom stereocenters. The van der Waals surface area contributed by atoms with Crippen LogP contribution in [0.3, 0.4) is 0 Å². The lowest BCUT2D eigenvalue weighted by Gasteiger charge is -2.24. The number of aryl methyl sites for hydroxylation is 1. The maximum Gasteiger partial charge on any atom is 0.243 e. The van der Waals surface area contributed by atoms with Gasteiger partial charge in [0.05, 0.1) is 5.02 Å². The van der Waals surface area contributed by atoms with Crippen molar-refractivity contribution in [1.82, 2.24) is 19.6 Å². The van der Waals surface area contributed by atoms with Crippen molar-refractivity contribution in [3.05, 3.63) is 82.9 Å². The van der Waals surface area contributed by atoms with Crippen LogP contribution in [0.2, 0.25) is 5.02 Å². The number of hydrogen-bond acceptors (Lipinski definition) is 5. The molecule has 0 aliphatic carbocycles. The molecule has 2 N–H and O–H groups in total. The van der Waals surface area contributed by atoms with Crippen LogP contribution in [0.25, 0.3) is 0 Å². The maximum atomic E-state index is 13.2. The van der Waals surface area contributed by atoms with Crippen LogP contribution in [0.1, 0.15) is 36.2 Å². The van der Waals surface area contributed by atoms with Crippen molar-refractivity contribution in [3.63, 3.8) is 0 Å². The topological polar surface area (TPSA) is 117 Å². The van der Waals surface area contributed by atoms with E-state index in [0.717, 1.165) is 5.56 Å². The van der Waals surface area contributed by atoms with Gasteiger partial charge in [-0.15, -0.1) is 0 Å². The molecule has 0 fully saturated rings. The molecule has 0 bridgehead atoms. The number of carbonyl (C=O) groups excluding carboxylic acids is 1. The zero-order valence-corrected chi connectivity index (χ0v) is 19.8. The number of sulfonamides is 1. The highest BCUT2D eigenvalue weighted by molar-refractivity contribution is 7.89. The number of rotatable bonds is 9. The molecule has 0 aliphatic rings. The number of hydrogen-bond donors (Lipinski definition) is 2. The van der Waals surface area contributed by atoms with Gasteiger partial charge >= 0.3 is 0 Å². The number of nitrogens with zero attached hydrogens (tertiary/aromatic N) is 3. The van der Waals surface area contributed by atoms with E-state index < -0.39 is 22.0 Å². The van der Waals surface area contributed by atoms with E-state index in [9.17, 15) is 18.5 Å². The van der Waals surface area contributed by atoms with E-state index in [2.05, 4.69) is 21.1 Å². The van der Waals surface area contributed by atoms with Gasteiger partial charge < -0.3 is 9.88 Å². The van der Waals surface area contributed by atoms with Gasteiger partial charge in [-0.1, -0.05) is 29.8 Å². The molecular weight excluding hydrogens is 462 g/mol. The first-order valence-corrected chi connectivity index (χ1v) is 12.1. The Morgan fingerprint density at radius 2 is 2.03 bits per heavy atom. The standard InChI is InChI=1S/C23H24ClN5O3S/c1-16-6-3-9-20(24)22(16)33(31,32)28-21(12-17(2)29-11-5-8-19(29)13-25)23(30)27-15-18-7-4-10-26-14-18/h3-11,14,17,21,28H,12,15H2,1-2H3,(H,27,30). The van der Waals surface area contributed by atoms with Gasteiger partial charge in [0.15, 0.2) is 0 Å². The zero-order chi connectivity index (χ0) is 24.0. The van der Waals surface area contributed by atoms with Gasteiger partial charge in [0.1, 0.15) is 22.7 Å². The van der Waals surface area contributed by atoms with Gasteiger partial charge in [0.2, 0.25) is 15.9 Å². The minimum Gasteiger partial charge on any atom is -0.351 e. The van der Waals surface area contributed by atoms with E-state index in [-0.39, 0.29) is 28.9 Å². The Labute approximate surface area is 198 Å². The Hall–Kier alpha value is -3.19. The molecule has 1 aromatic carbocycles. The second-order valence-electron chi connectivity index (χ2n) is 7.64. The predicted molar refractivity (Wildman–Crippen MR) is 125 cm³/mol. The van der Waals surface area contributed by atoms with E-state index in [1.807, 2.05) is 6.92 Å². The molecule has 1 amide bonds. The third-order valence-electron chi connectivity index (χ3n) is 5.18. The van der Waals surface area contributed by atoms with Crippen LogP contribution in [0.15, 0.2) is 66.0 Å². The number of nitrogens with one attached hydrogen (secondary N) is 2. The van der Waals surface area contributed by atoms with E-state index in [1.165, 1.54) is 6.07 Å². The Bertz CT molecular complexity index is 1250. The number of carbonyl (C=O) groups is 1. The average Bonchev–Trinajstić information content (AvgIpc) is 3.26. The minimum absolute atomic E-state index is 0.0666. The van der Waals surface area contributed by atoms with Gasteiger partial charge in [-0.2, -0.15) is 9.98 Å². The van der Waals surface area contributed by atoms with Gasteiger partial charge in [-0.3, -0.25) is 9.78 Å². The summed E-state index contributed by atoms with van der Waals surface area (Å²) in [6.45, 7) is 3.65. The summed E-state index contributed by atoms with van der Waals surface area (Å²) in [4.78, 5) is 17.0. The van der Waals surface area contributed by atoms with Crippen LogP contribution < -0.4 is 10.0 Å². The fraction of sp³-hybridized carbons (Fsp3) is 0.261. The van der Waals surface area contributed by atoms with Gasteiger partial charge in [0.25, 0.3) is 0 Å². The average molecular weight is 486 g/mol. The summed E-state index contributed by atoms with van der Waals surface area (Å²) in [7, 11) is -4.11. The first-order valence-electron chi connectivity index (χ1n) is 10.2. The van der Waals surface area contributed by atoms with Crippen LogP contribution >= 0.6 is 11.6 Å². The molecule has 3 aromatic rings. The van der Waals surface area contributed by atoms with Gasteiger partial charge in [0, 0.05) is 31.2 Å². The molecule has 2 atom stereocenters. The van der Waals surface area contributed by atoms with Gasteiger partial charge in [-0.05, 0) is 55.7 Å². The first kappa shape index (κ1) is 24.5. The third-order valence-corrected chi connectivity index (χ3v) is 7.28. The summed E-state index contributed by atoms with van der Waals surface area (Å²) in [6, 6.07) is 12.4. The molecule has 8 nitrogen and oxygen atoms in total. The minimum atomic E-state index is -4.11. The Balaban J connectivity index is 1.87. The molecule has 2 aromatic heterocycles. The second-order valence-corrected chi connectivity index (χ2v) is 9.69. The molecule has 0 spiro atoms. The van der Waals surface area contributed by atoms with Crippen molar-refractivity contribution >= 4 is 27.5 Å². The smallest absolute Gasteiger partial charge is 0.243 e. The van der Waals surface area contributed by atoms with Crippen molar-refractivity contribution < 1.29 is 13.2 Å². The van der Waals surface area contributed by atoms with Crippen molar-refractivity contribution in [2.24, 2.45) is 0 Å². The number of benzene rings is 1. The molecule has 172 valence electrons. The third kappa shape index (κ3) is 5.99. The van der Waals surface area contributed by atoms with E-state index >= 15 is 0 Å². The fourth-order valence-electron chi connectivity index (χ4n) is 3.55. The van der Waals surface area contributed by atoms with Crippen LogP contribution in [-0.2, 0) is 21.4 Å². The van der Waals surface area contributed by atoms with Crippen LogP contribution in [-0.4, -0.2) is 29.9 Å². The number of aromatic nitrogens is 2. The Morgan fingerprint density at radius 3 is 2.70 bits per heavy atom. The van der Waals surface area contributed by atoms with Crippen LogP contribution in [0, 0.1) is 18.3 Å². The quantitative estimate of drug-likeness (QED) is 0.482. The first-order chi connectivity index (χ1) is 15.7. The normalized spacial score (nSPS) is 13.2. The molecule has 0 saturated carbocycles. The van der Waals surface area contributed by atoms with E-state index in [1.54, 1.807) is 66.5 Å².